The van der Waals surface area contributed by atoms with Crippen LogP contribution in [0.3, 0.4) is 0 Å². The lowest BCUT2D eigenvalue weighted by atomic mass is 10.2. The highest BCUT2D eigenvalue weighted by atomic mass is 32.2. The molecule has 1 N–H and O–H groups in total. The van der Waals surface area contributed by atoms with Crippen LogP contribution < -0.4 is 10.1 Å². The number of nitrogens with zero attached hydrogens (tertiary/aromatic N) is 1. The van der Waals surface area contributed by atoms with Gasteiger partial charge in [-0.1, -0.05) is 6.42 Å². The average Bonchev–Trinajstić information content (AvgIpc) is 2.61. The van der Waals surface area contributed by atoms with E-state index in [2.05, 4.69) is 5.32 Å². The third-order valence-corrected chi connectivity index (χ3v) is 6.23. The normalized spacial score (nSPS) is 15.8. The minimum Gasteiger partial charge on any atom is -0.491 e. The third-order valence-electron chi connectivity index (χ3n) is 4.27. The highest BCUT2D eigenvalue weighted by molar-refractivity contribution is 7.89. The van der Waals surface area contributed by atoms with Gasteiger partial charge in [0.2, 0.25) is 15.9 Å². The molecule has 6 nitrogen and oxygen atoms in total. The Bertz CT molecular complexity index is 665. The van der Waals surface area contributed by atoms with Crippen LogP contribution in [0, 0.1) is 0 Å². The molecule has 0 radical (unpaired) electrons. The van der Waals surface area contributed by atoms with Crippen LogP contribution >= 0.6 is 0 Å². The Morgan fingerprint density at radius 1 is 1.12 bits per heavy atom. The van der Waals surface area contributed by atoms with E-state index in [0.717, 1.165) is 25.0 Å². The number of nitrogens with one attached hydrogen (secondary N) is 1. The molecule has 26 heavy (non-hydrogen) atoms. The maximum Gasteiger partial charge on any atom is 0.224 e. The lowest BCUT2D eigenvalue weighted by molar-refractivity contribution is -0.116. The van der Waals surface area contributed by atoms with E-state index in [1.165, 1.54) is 0 Å². The number of benzene rings is 1. The van der Waals surface area contributed by atoms with Crippen molar-refractivity contribution < 1.29 is 17.9 Å². The highest BCUT2D eigenvalue weighted by Crippen LogP contribution is 2.18. The van der Waals surface area contributed by atoms with Gasteiger partial charge in [-0.3, -0.25) is 4.79 Å². The van der Waals surface area contributed by atoms with Gasteiger partial charge in [-0.25, -0.2) is 12.7 Å². The van der Waals surface area contributed by atoms with E-state index in [-0.39, 0.29) is 17.8 Å². The molecule has 0 spiro atoms. The second kappa shape index (κ2) is 9.92. The van der Waals surface area contributed by atoms with E-state index in [0.29, 0.717) is 38.0 Å². The Kier molecular flexibility index (Phi) is 7.90. The minimum absolute atomic E-state index is 0.0992. The Hall–Kier alpha value is -1.60. The van der Waals surface area contributed by atoms with Crippen LogP contribution in [0.2, 0.25) is 0 Å². The van der Waals surface area contributed by atoms with Crippen molar-refractivity contribution in [3.05, 3.63) is 24.3 Å². The van der Waals surface area contributed by atoms with Gasteiger partial charge in [-0.05, 0) is 63.8 Å². The van der Waals surface area contributed by atoms with Crippen LogP contribution in [0.25, 0.3) is 0 Å². The molecule has 146 valence electrons. The maximum atomic E-state index is 12.2. The number of sulfonamides is 1. The van der Waals surface area contributed by atoms with Gasteiger partial charge in [0.25, 0.3) is 0 Å². The summed E-state index contributed by atoms with van der Waals surface area (Å²) in [5.74, 6) is 0.792. The van der Waals surface area contributed by atoms with E-state index in [1.807, 2.05) is 26.0 Å². The zero-order valence-corrected chi connectivity index (χ0v) is 16.6. The van der Waals surface area contributed by atoms with Gasteiger partial charge in [0.15, 0.2) is 0 Å². The van der Waals surface area contributed by atoms with Crippen molar-refractivity contribution in [2.24, 2.45) is 0 Å². The average molecular weight is 383 g/mol. The molecule has 0 saturated carbocycles. The molecule has 1 saturated heterocycles. The van der Waals surface area contributed by atoms with E-state index >= 15 is 0 Å². The first-order valence-corrected chi connectivity index (χ1v) is 11.0. The van der Waals surface area contributed by atoms with Crippen LogP contribution in [0.4, 0.5) is 5.69 Å². The van der Waals surface area contributed by atoms with Crippen molar-refractivity contribution in [2.45, 2.75) is 58.5 Å². The topological polar surface area (TPSA) is 75.7 Å². The van der Waals surface area contributed by atoms with Crippen molar-refractivity contribution in [1.29, 1.82) is 0 Å². The number of carbonyl (C=O) groups is 1. The zero-order chi connectivity index (χ0) is 19.0. The molecule has 0 aliphatic carbocycles. The van der Waals surface area contributed by atoms with Crippen LogP contribution in [-0.2, 0) is 14.8 Å². The van der Waals surface area contributed by atoms with E-state index < -0.39 is 10.0 Å². The molecular formula is C19H30N2O4S. The molecule has 1 amide bonds. The first-order valence-electron chi connectivity index (χ1n) is 9.41. The van der Waals surface area contributed by atoms with Crippen molar-refractivity contribution >= 4 is 21.6 Å². The molecule has 1 fully saturated rings. The minimum atomic E-state index is -3.17. The summed E-state index contributed by atoms with van der Waals surface area (Å²) >= 11 is 0. The lowest BCUT2D eigenvalue weighted by Crippen LogP contribution is -2.37. The summed E-state index contributed by atoms with van der Waals surface area (Å²) in [5.41, 5.74) is 0.715. The predicted octanol–water partition coefficient (Wildman–Crippen LogP) is 3.40. The van der Waals surface area contributed by atoms with Gasteiger partial charge in [0.05, 0.1) is 11.9 Å². The summed E-state index contributed by atoms with van der Waals surface area (Å²) in [6, 6.07) is 7.24. The largest absolute Gasteiger partial charge is 0.491 e. The Morgan fingerprint density at radius 2 is 1.77 bits per heavy atom. The van der Waals surface area contributed by atoms with Gasteiger partial charge < -0.3 is 10.1 Å². The molecule has 2 rings (SSSR count). The van der Waals surface area contributed by atoms with Crippen molar-refractivity contribution in [3.63, 3.8) is 0 Å². The number of amides is 1. The number of piperidine rings is 1. The Labute approximate surface area is 157 Å². The van der Waals surface area contributed by atoms with Crippen molar-refractivity contribution in [3.8, 4) is 5.75 Å². The van der Waals surface area contributed by atoms with Crippen LogP contribution in [0.15, 0.2) is 24.3 Å². The molecule has 0 unspecified atom stereocenters. The second-order valence-corrected chi connectivity index (χ2v) is 9.06. The standard InChI is InChI=1S/C19H30N2O4S/c1-16(2)25-18-11-9-17(10-12-18)20-19(22)8-4-7-15-26(23,24)21-13-5-3-6-14-21/h9-12,16H,3-8,13-15H2,1-2H3,(H,20,22). The van der Waals surface area contributed by atoms with Gasteiger partial charge in [-0.15, -0.1) is 0 Å². The monoisotopic (exact) mass is 382 g/mol. The molecule has 1 aromatic carbocycles. The molecule has 0 atom stereocenters. The molecule has 7 heteroatoms. The summed E-state index contributed by atoms with van der Waals surface area (Å²) in [5, 5.41) is 2.83. The maximum absolute atomic E-state index is 12.2. The smallest absolute Gasteiger partial charge is 0.224 e. The lowest BCUT2D eigenvalue weighted by Gasteiger charge is -2.25. The SMILES string of the molecule is CC(C)Oc1ccc(NC(=O)CCCCS(=O)(=O)N2CCCCC2)cc1. The summed E-state index contributed by atoms with van der Waals surface area (Å²) in [6.07, 6.45) is 4.50. The number of carbonyl (C=O) groups excluding carboxylic acids is 1. The molecule has 0 aromatic heterocycles. The van der Waals surface area contributed by atoms with Gasteiger partial charge in [-0.2, -0.15) is 0 Å². The number of hydrogen-bond acceptors (Lipinski definition) is 4. The van der Waals surface area contributed by atoms with E-state index in [1.54, 1.807) is 16.4 Å². The first-order chi connectivity index (χ1) is 12.4. The quantitative estimate of drug-likeness (QED) is 0.664. The number of hydrogen-bond donors (Lipinski definition) is 1. The molecule has 1 aliphatic rings. The fourth-order valence-corrected chi connectivity index (χ4v) is 4.60. The molecule has 1 heterocycles. The number of unbranched alkanes of at least 4 members (excludes halogenated alkanes) is 1. The van der Waals surface area contributed by atoms with E-state index in [4.69, 9.17) is 4.74 Å². The second-order valence-electron chi connectivity index (χ2n) is 6.97. The Morgan fingerprint density at radius 3 is 2.38 bits per heavy atom. The van der Waals surface area contributed by atoms with Crippen LogP contribution in [0.1, 0.15) is 52.4 Å². The fourth-order valence-electron chi connectivity index (χ4n) is 2.95. The molecular weight excluding hydrogens is 352 g/mol. The van der Waals surface area contributed by atoms with E-state index in [9.17, 15) is 13.2 Å². The number of ether oxygens (including phenoxy) is 1. The number of rotatable bonds is 9. The molecule has 1 aromatic rings. The van der Waals surface area contributed by atoms with Gasteiger partial charge in [0.1, 0.15) is 5.75 Å². The summed E-state index contributed by atoms with van der Waals surface area (Å²) in [7, 11) is -3.17. The van der Waals surface area contributed by atoms with Crippen LogP contribution in [0.5, 0.6) is 5.75 Å². The van der Waals surface area contributed by atoms with Crippen molar-refractivity contribution in [2.75, 3.05) is 24.2 Å². The predicted molar refractivity (Wildman–Crippen MR) is 104 cm³/mol. The highest BCUT2D eigenvalue weighted by Gasteiger charge is 2.23. The van der Waals surface area contributed by atoms with Crippen LogP contribution in [-0.4, -0.2) is 43.6 Å². The van der Waals surface area contributed by atoms with Gasteiger partial charge >= 0.3 is 0 Å². The number of anilines is 1. The third kappa shape index (κ3) is 6.96. The summed E-state index contributed by atoms with van der Waals surface area (Å²) in [6.45, 7) is 5.20. The molecule has 0 bridgehead atoms. The summed E-state index contributed by atoms with van der Waals surface area (Å²) in [4.78, 5) is 12.0. The Balaban J connectivity index is 1.68. The first kappa shape index (κ1) is 20.7. The summed E-state index contributed by atoms with van der Waals surface area (Å²) < 4.78 is 31.6. The van der Waals surface area contributed by atoms with Gasteiger partial charge in [0, 0.05) is 25.2 Å². The fraction of sp³-hybridized carbons (Fsp3) is 0.632. The van der Waals surface area contributed by atoms with Crippen molar-refractivity contribution in [1.82, 2.24) is 4.31 Å². The molecule has 1 aliphatic heterocycles. The zero-order valence-electron chi connectivity index (χ0n) is 15.7.